The van der Waals surface area contributed by atoms with Crippen LogP contribution in [0.3, 0.4) is 0 Å². The standard InChI is InChI=1S/C39H72O5/c1-3-5-7-9-11-13-15-17-19-21-23-25-27-29-31-33-38(41)43-36-37(35-40)44-39(42)34-32-30-28-26-24-22-20-18-16-14-12-10-8-6-4-2/h14,16-17,19,37,40H,3-13,15,18,20-36H2,1-2H3/b16-14-,19-17-/t37-/m0/s1. The van der Waals surface area contributed by atoms with Crippen LogP contribution in [-0.2, 0) is 19.1 Å². The lowest BCUT2D eigenvalue weighted by molar-refractivity contribution is -0.161. The van der Waals surface area contributed by atoms with Gasteiger partial charge in [0.1, 0.15) is 6.61 Å². The molecular formula is C39H72O5. The molecule has 0 spiro atoms. The number of carbonyl (C=O) groups excluding carboxylic acids is 2. The van der Waals surface area contributed by atoms with Crippen LogP contribution in [0.4, 0.5) is 0 Å². The van der Waals surface area contributed by atoms with Crippen molar-refractivity contribution in [1.29, 1.82) is 0 Å². The van der Waals surface area contributed by atoms with Crippen molar-refractivity contribution in [2.24, 2.45) is 0 Å². The highest BCUT2D eigenvalue weighted by molar-refractivity contribution is 5.70. The van der Waals surface area contributed by atoms with E-state index in [1.54, 1.807) is 0 Å². The predicted molar refractivity (Wildman–Crippen MR) is 187 cm³/mol. The third kappa shape index (κ3) is 33.3. The Labute approximate surface area is 273 Å². The summed E-state index contributed by atoms with van der Waals surface area (Å²) in [5.41, 5.74) is 0. The number of aliphatic hydroxyl groups excluding tert-OH is 1. The van der Waals surface area contributed by atoms with Crippen LogP contribution in [0.15, 0.2) is 24.3 Å². The number of allylic oxidation sites excluding steroid dienone is 4. The molecular weight excluding hydrogens is 548 g/mol. The Morgan fingerprint density at radius 2 is 0.841 bits per heavy atom. The Morgan fingerprint density at radius 1 is 0.500 bits per heavy atom. The maximum atomic E-state index is 12.1. The normalized spacial score (nSPS) is 12.3. The molecule has 0 aliphatic rings. The molecule has 44 heavy (non-hydrogen) atoms. The first-order valence-electron chi connectivity index (χ1n) is 18.9. The average Bonchev–Trinajstić information content (AvgIpc) is 3.02. The monoisotopic (exact) mass is 621 g/mol. The van der Waals surface area contributed by atoms with Gasteiger partial charge in [-0.1, -0.05) is 141 Å². The zero-order valence-electron chi connectivity index (χ0n) is 29.2. The van der Waals surface area contributed by atoms with Crippen LogP contribution in [-0.4, -0.2) is 36.4 Å². The van der Waals surface area contributed by atoms with Crippen molar-refractivity contribution in [3.63, 3.8) is 0 Å². The summed E-state index contributed by atoms with van der Waals surface area (Å²) in [6.45, 7) is 4.11. The van der Waals surface area contributed by atoms with Crippen molar-refractivity contribution < 1.29 is 24.2 Å². The third-order valence-corrected chi connectivity index (χ3v) is 8.22. The van der Waals surface area contributed by atoms with Gasteiger partial charge >= 0.3 is 11.9 Å². The van der Waals surface area contributed by atoms with Crippen molar-refractivity contribution in [2.75, 3.05) is 13.2 Å². The molecule has 0 aromatic heterocycles. The highest BCUT2D eigenvalue weighted by Gasteiger charge is 2.16. The van der Waals surface area contributed by atoms with E-state index >= 15 is 0 Å². The molecule has 0 bridgehead atoms. The molecule has 1 atom stereocenters. The highest BCUT2D eigenvalue weighted by Crippen LogP contribution is 2.13. The van der Waals surface area contributed by atoms with E-state index in [1.807, 2.05) is 0 Å². The second-order valence-electron chi connectivity index (χ2n) is 12.6. The molecule has 0 aromatic rings. The summed E-state index contributed by atoms with van der Waals surface area (Å²) in [7, 11) is 0. The zero-order chi connectivity index (χ0) is 32.2. The quantitative estimate of drug-likeness (QED) is 0.0440. The minimum Gasteiger partial charge on any atom is -0.462 e. The van der Waals surface area contributed by atoms with Crippen LogP contribution in [0, 0.1) is 0 Å². The largest absolute Gasteiger partial charge is 0.462 e. The van der Waals surface area contributed by atoms with Crippen LogP contribution in [0.5, 0.6) is 0 Å². The Hall–Kier alpha value is -1.62. The minimum atomic E-state index is -0.772. The summed E-state index contributed by atoms with van der Waals surface area (Å²) in [6, 6.07) is 0. The molecule has 0 amide bonds. The zero-order valence-corrected chi connectivity index (χ0v) is 29.2. The summed E-state index contributed by atoms with van der Waals surface area (Å²) in [5.74, 6) is -0.602. The van der Waals surface area contributed by atoms with Crippen LogP contribution < -0.4 is 0 Å². The number of esters is 2. The maximum absolute atomic E-state index is 12.1. The lowest BCUT2D eigenvalue weighted by Gasteiger charge is -2.15. The van der Waals surface area contributed by atoms with E-state index in [9.17, 15) is 14.7 Å². The van der Waals surface area contributed by atoms with E-state index in [2.05, 4.69) is 38.2 Å². The molecule has 0 aromatic carbocycles. The van der Waals surface area contributed by atoms with Crippen molar-refractivity contribution in [1.82, 2.24) is 0 Å². The van der Waals surface area contributed by atoms with Gasteiger partial charge < -0.3 is 14.6 Å². The molecule has 0 saturated carbocycles. The number of hydrogen-bond donors (Lipinski definition) is 1. The van der Waals surface area contributed by atoms with Crippen LogP contribution in [0.25, 0.3) is 0 Å². The number of unbranched alkanes of at least 4 members (excludes halogenated alkanes) is 22. The Balaban J connectivity index is 3.57. The molecule has 0 rings (SSSR count). The van der Waals surface area contributed by atoms with E-state index in [-0.39, 0.29) is 25.2 Å². The molecule has 1 N–H and O–H groups in total. The number of aliphatic hydroxyl groups is 1. The SMILES string of the molecule is CCCCCC/C=C\CCCCCCCCCC(=O)O[C@@H](CO)COC(=O)CCCCCCC/C=C\CCCCCCCC. The molecule has 258 valence electrons. The summed E-state index contributed by atoms with van der Waals surface area (Å²) >= 11 is 0. The molecule has 0 aliphatic carbocycles. The molecule has 0 radical (unpaired) electrons. The van der Waals surface area contributed by atoms with Gasteiger partial charge in [-0.25, -0.2) is 0 Å². The number of carbonyl (C=O) groups is 2. The lowest BCUT2D eigenvalue weighted by Crippen LogP contribution is -2.28. The van der Waals surface area contributed by atoms with Crippen molar-refractivity contribution in [2.45, 2.75) is 200 Å². The summed E-state index contributed by atoms with van der Waals surface area (Å²) in [4.78, 5) is 24.2. The summed E-state index contributed by atoms with van der Waals surface area (Å²) in [6.07, 6.45) is 40.9. The van der Waals surface area contributed by atoms with Crippen molar-refractivity contribution in [3.05, 3.63) is 24.3 Å². The van der Waals surface area contributed by atoms with Gasteiger partial charge in [-0.15, -0.1) is 0 Å². The molecule has 0 saturated heterocycles. The van der Waals surface area contributed by atoms with E-state index in [1.165, 1.54) is 122 Å². The first kappa shape index (κ1) is 42.4. The fraction of sp³-hybridized carbons (Fsp3) is 0.846. The van der Waals surface area contributed by atoms with Gasteiger partial charge in [-0.2, -0.15) is 0 Å². The molecule has 5 heteroatoms. The van der Waals surface area contributed by atoms with E-state index in [0.29, 0.717) is 12.8 Å². The number of ether oxygens (including phenoxy) is 2. The van der Waals surface area contributed by atoms with Crippen LogP contribution >= 0.6 is 0 Å². The van der Waals surface area contributed by atoms with Crippen molar-refractivity contribution in [3.8, 4) is 0 Å². The van der Waals surface area contributed by atoms with Crippen molar-refractivity contribution >= 4 is 11.9 Å². The topological polar surface area (TPSA) is 72.8 Å². The van der Waals surface area contributed by atoms with Gasteiger partial charge in [0, 0.05) is 12.8 Å². The summed E-state index contributed by atoms with van der Waals surface area (Å²) < 4.78 is 10.6. The van der Waals surface area contributed by atoms with Gasteiger partial charge in [0.05, 0.1) is 6.61 Å². The van der Waals surface area contributed by atoms with Crippen LogP contribution in [0.1, 0.15) is 194 Å². The molecule has 0 fully saturated rings. The van der Waals surface area contributed by atoms with E-state index < -0.39 is 6.10 Å². The third-order valence-electron chi connectivity index (χ3n) is 8.22. The number of rotatable bonds is 34. The second-order valence-corrected chi connectivity index (χ2v) is 12.6. The predicted octanol–water partition coefficient (Wildman–Crippen LogP) is 11.5. The van der Waals surface area contributed by atoms with Crippen LogP contribution in [0.2, 0.25) is 0 Å². The fourth-order valence-electron chi connectivity index (χ4n) is 5.31. The Morgan fingerprint density at radius 3 is 1.25 bits per heavy atom. The molecule has 0 aliphatic heterocycles. The second kappa shape index (κ2) is 35.9. The highest BCUT2D eigenvalue weighted by atomic mass is 16.6. The first-order valence-corrected chi connectivity index (χ1v) is 18.9. The minimum absolute atomic E-state index is 0.0693. The van der Waals surface area contributed by atoms with Gasteiger partial charge in [-0.05, 0) is 64.2 Å². The van der Waals surface area contributed by atoms with Gasteiger partial charge in [0.25, 0.3) is 0 Å². The first-order chi connectivity index (χ1) is 21.6. The van der Waals surface area contributed by atoms with E-state index in [4.69, 9.17) is 9.47 Å². The molecule has 0 heterocycles. The fourth-order valence-corrected chi connectivity index (χ4v) is 5.31. The number of hydrogen-bond acceptors (Lipinski definition) is 5. The van der Waals surface area contributed by atoms with Gasteiger partial charge in [0.15, 0.2) is 6.10 Å². The van der Waals surface area contributed by atoms with Gasteiger partial charge in [0.2, 0.25) is 0 Å². The van der Waals surface area contributed by atoms with Gasteiger partial charge in [-0.3, -0.25) is 9.59 Å². The Kier molecular flexibility index (Phi) is 34.5. The maximum Gasteiger partial charge on any atom is 0.306 e. The molecule has 0 unspecified atom stereocenters. The average molecular weight is 621 g/mol. The van der Waals surface area contributed by atoms with E-state index in [0.717, 1.165) is 44.9 Å². The summed E-state index contributed by atoms with van der Waals surface area (Å²) in [5, 5.41) is 9.53. The smallest absolute Gasteiger partial charge is 0.306 e. The molecule has 5 nitrogen and oxygen atoms in total. The lowest BCUT2D eigenvalue weighted by atomic mass is 10.1. The Bertz CT molecular complexity index is 671.